The zero-order chi connectivity index (χ0) is 20.2. The Morgan fingerprint density at radius 2 is 1.79 bits per heavy atom. The molecule has 1 atom stereocenters. The summed E-state index contributed by atoms with van der Waals surface area (Å²) >= 11 is 1.06. The van der Waals surface area contributed by atoms with Gasteiger partial charge in [0.05, 0.1) is 11.6 Å². The number of nitriles is 1. The molecule has 0 fully saturated rings. The van der Waals surface area contributed by atoms with Crippen LogP contribution in [0.2, 0.25) is 0 Å². The number of aromatic nitrogens is 1. The lowest BCUT2D eigenvalue weighted by molar-refractivity contribution is -0.481. The summed E-state index contributed by atoms with van der Waals surface area (Å²) in [6.45, 7) is -0.234. The SMILES string of the molecule is N#CSc1cccc(C(C[N+](=O)[O-])c2c(-c3ccccc3)[nH]c3ccccc23)c1. The summed E-state index contributed by atoms with van der Waals surface area (Å²) in [5.74, 6) is -0.449. The molecule has 4 rings (SSSR count). The van der Waals surface area contributed by atoms with Gasteiger partial charge in [0.2, 0.25) is 6.54 Å². The zero-order valence-electron chi connectivity index (χ0n) is 15.4. The summed E-state index contributed by atoms with van der Waals surface area (Å²) in [6, 6.07) is 25.2. The number of thioether (sulfide) groups is 1. The van der Waals surface area contributed by atoms with E-state index < -0.39 is 5.92 Å². The van der Waals surface area contributed by atoms with E-state index in [2.05, 4.69) is 10.4 Å². The maximum Gasteiger partial charge on any atom is 0.214 e. The highest BCUT2D eigenvalue weighted by molar-refractivity contribution is 8.03. The third-order valence-corrected chi connectivity index (χ3v) is 5.49. The van der Waals surface area contributed by atoms with E-state index in [4.69, 9.17) is 5.26 Å². The molecule has 0 aliphatic carbocycles. The van der Waals surface area contributed by atoms with Crippen LogP contribution in [0.1, 0.15) is 17.0 Å². The van der Waals surface area contributed by atoms with Crippen molar-refractivity contribution in [3.63, 3.8) is 0 Å². The Morgan fingerprint density at radius 3 is 2.55 bits per heavy atom. The van der Waals surface area contributed by atoms with Gasteiger partial charge in [0.15, 0.2) is 0 Å². The second-order valence-electron chi connectivity index (χ2n) is 6.66. The average Bonchev–Trinajstić information content (AvgIpc) is 3.12. The minimum atomic E-state index is -0.449. The number of benzene rings is 3. The van der Waals surface area contributed by atoms with Gasteiger partial charge in [0.25, 0.3) is 0 Å². The quantitative estimate of drug-likeness (QED) is 0.192. The van der Waals surface area contributed by atoms with Crippen LogP contribution in [0.4, 0.5) is 0 Å². The van der Waals surface area contributed by atoms with Crippen LogP contribution in [0.5, 0.6) is 0 Å². The Balaban J connectivity index is 1.96. The number of fused-ring (bicyclic) bond motifs is 1. The number of rotatable bonds is 6. The van der Waals surface area contributed by atoms with Crippen molar-refractivity contribution in [1.29, 1.82) is 5.26 Å². The molecule has 29 heavy (non-hydrogen) atoms. The fraction of sp³-hybridized carbons (Fsp3) is 0.0870. The molecule has 0 spiro atoms. The molecule has 0 amide bonds. The molecule has 0 aliphatic heterocycles. The van der Waals surface area contributed by atoms with Crippen molar-refractivity contribution >= 4 is 22.7 Å². The summed E-state index contributed by atoms with van der Waals surface area (Å²) in [5, 5.41) is 23.7. The van der Waals surface area contributed by atoms with Gasteiger partial charge in [0, 0.05) is 20.7 Å². The first kappa shape index (κ1) is 18.8. The Bertz CT molecular complexity index is 1210. The van der Waals surface area contributed by atoms with E-state index in [1.807, 2.05) is 78.9 Å². The fourth-order valence-corrected chi connectivity index (χ4v) is 4.17. The number of para-hydroxylation sites is 1. The van der Waals surface area contributed by atoms with Crippen LogP contribution in [-0.2, 0) is 0 Å². The second-order valence-corrected chi connectivity index (χ2v) is 7.52. The lowest BCUT2D eigenvalue weighted by Gasteiger charge is -2.16. The monoisotopic (exact) mass is 399 g/mol. The summed E-state index contributed by atoms with van der Waals surface area (Å²) < 4.78 is 0. The van der Waals surface area contributed by atoms with E-state index in [1.54, 1.807) is 0 Å². The molecular weight excluding hydrogens is 382 g/mol. The highest BCUT2D eigenvalue weighted by Crippen LogP contribution is 2.39. The molecule has 1 aromatic heterocycles. The second kappa shape index (κ2) is 8.21. The summed E-state index contributed by atoms with van der Waals surface area (Å²) in [6.07, 6.45) is 0. The van der Waals surface area contributed by atoms with E-state index in [-0.39, 0.29) is 11.5 Å². The maximum absolute atomic E-state index is 11.6. The minimum absolute atomic E-state index is 0.234. The van der Waals surface area contributed by atoms with Crippen LogP contribution in [0, 0.1) is 20.8 Å². The molecule has 3 aromatic carbocycles. The molecule has 5 nitrogen and oxygen atoms in total. The van der Waals surface area contributed by atoms with Crippen molar-refractivity contribution in [1.82, 2.24) is 4.98 Å². The molecule has 4 aromatic rings. The van der Waals surface area contributed by atoms with Gasteiger partial charge >= 0.3 is 0 Å². The number of hydrogen-bond donors (Lipinski definition) is 1. The van der Waals surface area contributed by atoms with E-state index in [0.29, 0.717) is 0 Å². The van der Waals surface area contributed by atoms with Crippen LogP contribution in [0.25, 0.3) is 22.2 Å². The first-order chi connectivity index (χ1) is 14.2. The normalized spacial score (nSPS) is 11.8. The highest BCUT2D eigenvalue weighted by atomic mass is 32.2. The van der Waals surface area contributed by atoms with Crippen LogP contribution in [-0.4, -0.2) is 16.5 Å². The molecule has 0 bridgehead atoms. The molecule has 142 valence electrons. The van der Waals surface area contributed by atoms with Crippen LogP contribution >= 0.6 is 11.8 Å². The van der Waals surface area contributed by atoms with E-state index in [1.165, 1.54) is 0 Å². The van der Waals surface area contributed by atoms with Crippen LogP contribution < -0.4 is 0 Å². The molecule has 0 saturated heterocycles. The van der Waals surface area contributed by atoms with E-state index >= 15 is 0 Å². The van der Waals surface area contributed by atoms with Gasteiger partial charge < -0.3 is 4.98 Å². The number of H-pyrrole nitrogens is 1. The summed E-state index contributed by atoms with van der Waals surface area (Å²) in [5.41, 5.74) is 4.54. The third kappa shape index (κ3) is 3.86. The standard InChI is InChI=1S/C23H17N3O2S/c24-15-29-18-10-6-9-17(13-18)20(14-26(27)28)22-19-11-4-5-12-21(19)25-23(22)16-7-2-1-3-8-16/h1-13,20,25H,14H2. The summed E-state index contributed by atoms with van der Waals surface area (Å²) in [7, 11) is 0. The van der Waals surface area contributed by atoms with Crippen molar-refractivity contribution in [2.45, 2.75) is 10.8 Å². The Hall–Kier alpha value is -3.56. The van der Waals surface area contributed by atoms with Crippen molar-refractivity contribution in [3.8, 4) is 16.7 Å². The summed E-state index contributed by atoms with van der Waals surface area (Å²) in [4.78, 5) is 15.6. The van der Waals surface area contributed by atoms with Crippen molar-refractivity contribution in [2.75, 3.05) is 6.54 Å². The first-order valence-electron chi connectivity index (χ1n) is 9.11. The van der Waals surface area contributed by atoms with E-state index in [0.717, 1.165) is 49.9 Å². The number of thiocyanates is 1. The van der Waals surface area contributed by atoms with Gasteiger partial charge in [0.1, 0.15) is 5.40 Å². The minimum Gasteiger partial charge on any atom is -0.354 e. The number of nitrogens with one attached hydrogen (secondary N) is 1. The molecule has 1 unspecified atom stereocenters. The van der Waals surface area contributed by atoms with E-state index in [9.17, 15) is 10.1 Å². The Labute approximate surface area is 172 Å². The van der Waals surface area contributed by atoms with Crippen molar-refractivity contribution in [2.24, 2.45) is 0 Å². The number of aromatic amines is 1. The molecule has 0 saturated carbocycles. The fourth-order valence-electron chi connectivity index (χ4n) is 3.72. The van der Waals surface area contributed by atoms with Gasteiger partial charge in [-0.1, -0.05) is 60.7 Å². The van der Waals surface area contributed by atoms with Crippen LogP contribution in [0.15, 0.2) is 83.8 Å². The Kier molecular flexibility index (Phi) is 5.32. The van der Waals surface area contributed by atoms with Gasteiger partial charge in [-0.15, -0.1) is 0 Å². The van der Waals surface area contributed by atoms with Gasteiger partial charge in [-0.2, -0.15) is 5.26 Å². The smallest absolute Gasteiger partial charge is 0.214 e. The Morgan fingerprint density at radius 1 is 1.03 bits per heavy atom. The maximum atomic E-state index is 11.6. The van der Waals surface area contributed by atoms with Crippen LogP contribution in [0.3, 0.4) is 0 Å². The number of nitrogens with zero attached hydrogens (tertiary/aromatic N) is 2. The number of nitro groups is 1. The highest BCUT2D eigenvalue weighted by Gasteiger charge is 2.27. The number of hydrogen-bond acceptors (Lipinski definition) is 4. The predicted molar refractivity (Wildman–Crippen MR) is 115 cm³/mol. The zero-order valence-corrected chi connectivity index (χ0v) is 16.2. The van der Waals surface area contributed by atoms with Gasteiger partial charge in [-0.05, 0) is 46.7 Å². The molecule has 1 N–H and O–H groups in total. The molecule has 1 heterocycles. The largest absolute Gasteiger partial charge is 0.354 e. The van der Waals surface area contributed by atoms with Gasteiger partial charge in [-0.25, -0.2) is 0 Å². The molecular formula is C23H17N3O2S. The third-order valence-electron chi connectivity index (χ3n) is 4.91. The molecule has 0 radical (unpaired) electrons. The molecule has 6 heteroatoms. The topological polar surface area (TPSA) is 82.7 Å². The average molecular weight is 399 g/mol. The first-order valence-corrected chi connectivity index (χ1v) is 9.92. The lowest BCUT2D eigenvalue weighted by atomic mass is 9.87. The van der Waals surface area contributed by atoms with Crippen molar-refractivity contribution < 1.29 is 4.92 Å². The lowest BCUT2D eigenvalue weighted by Crippen LogP contribution is -2.14. The van der Waals surface area contributed by atoms with Gasteiger partial charge in [-0.3, -0.25) is 10.1 Å². The molecule has 0 aliphatic rings. The van der Waals surface area contributed by atoms with Crippen molar-refractivity contribution in [3.05, 3.63) is 100 Å². The predicted octanol–water partition coefficient (Wildman–Crippen LogP) is 5.82.